The van der Waals surface area contributed by atoms with E-state index in [1.165, 1.54) is 23.9 Å². The lowest BCUT2D eigenvalue weighted by molar-refractivity contribution is -0.138. The fraction of sp³-hybridized carbons (Fsp3) is 0.375. The number of nitrogens with zero attached hydrogens (tertiary/aromatic N) is 2. The molecule has 1 aromatic carbocycles. The molecule has 2 rings (SSSR count). The molecule has 3 N–H and O–H groups in total. The van der Waals surface area contributed by atoms with Crippen LogP contribution in [0.15, 0.2) is 18.2 Å². The van der Waals surface area contributed by atoms with Gasteiger partial charge in [0.1, 0.15) is 11.8 Å². The number of rotatable bonds is 6. The SMILES string of the molecule is CCn1nc(C(N)=O)c(Cl)c1-c1ccc(NC(C)C(F)(F)F)cc1OC. The molecule has 0 fully saturated rings. The number of nitrogens with one attached hydrogen (secondary N) is 1. The van der Waals surface area contributed by atoms with Crippen molar-refractivity contribution in [3.63, 3.8) is 0 Å². The summed E-state index contributed by atoms with van der Waals surface area (Å²) in [6, 6.07) is 2.70. The van der Waals surface area contributed by atoms with Crippen LogP contribution in [0.2, 0.25) is 5.02 Å². The van der Waals surface area contributed by atoms with E-state index in [2.05, 4.69) is 10.4 Å². The maximum atomic E-state index is 12.7. The normalized spacial score (nSPS) is 12.7. The summed E-state index contributed by atoms with van der Waals surface area (Å²) in [6.45, 7) is 3.21. The van der Waals surface area contributed by atoms with E-state index in [0.29, 0.717) is 17.8 Å². The number of aromatic nitrogens is 2. The highest BCUT2D eigenvalue weighted by molar-refractivity contribution is 6.36. The Balaban J connectivity index is 2.50. The van der Waals surface area contributed by atoms with Gasteiger partial charge in [-0.3, -0.25) is 9.48 Å². The first-order chi connectivity index (χ1) is 12.1. The zero-order chi connectivity index (χ0) is 19.6. The molecular weight excluding hydrogens is 373 g/mol. The lowest BCUT2D eigenvalue weighted by Gasteiger charge is -2.19. The standard InChI is InChI=1S/C16H18ClF3N4O2/c1-4-24-14(12(17)13(23-24)15(21)25)10-6-5-9(7-11(10)26-3)22-8(2)16(18,19)20/h5-8,22H,4H2,1-3H3,(H2,21,25). The number of anilines is 1. The van der Waals surface area contributed by atoms with Crippen molar-refractivity contribution in [3.8, 4) is 17.0 Å². The number of carbonyl (C=O) groups excluding carboxylic acids is 1. The summed E-state index contributed by atoms with van der Waals surface area (Å²) in [7, 11) is 1.38. The number of halogens is 4. The summed E-state index contributed by atoms with van der Waals surface area (Å²) in [5.74, 6) is -0.503. The van der Waals surface area contributed by atoms with Crippen LogP contribution in [0.1, 0.15) is 24.3 Å². The smallest absolute Gasteiger partial charge is 0.408 e. The molecule has 1 amide bonds. The molecule has 0 spiro atoms. The largest absolute Gasteiger partial charge is 0.496 e. The van der Waals surface area contributed by atoms with Gasteiger partial charge in [0.05, 0.1) is 17.8 Å². The zero-order valence-corrected chi connectivity index (χ0v) is 15.1. The third kappa shape index (κ3) is 3.87. The molecule has 1 atom stereocenters. The minimum atomic E-state index is -4.38. The first-order valence-corrected chi connectivity index (χ1v) is 8.05. The van der Waals surface area contributed by atoms with E-state index in [9.17, 15) is 18.0 Å². The van der Waals surface area contributed by atoms with Crippen molar-refractivity contribution >= 4 is 23.2 Å². The maximum absolute atomic E-state index is 12.7. The van der Waals surface area contributed by atoms with E-state index in [-0.39, 0.29) is 22.2 Å². The number of hydrogen-bond acceptors (Lipinski definition) is 4. The number of nitrogens with two attached hydrogens (primary N) is 1. The Morgan fingerprint density at radius 1 is 1.46 bits per heavy atom. The quantitative estimate of drug-likeness (QED) is 0.788. The Labute approximate surface area is 153 Å². The highest BCUT2D eigenvalue weighted by Crippen LogP contribution is 2.38. The van der Waals surface area contributed by atoms with E-state index in [0.717, 1.165) is 6.92 Å². The van der Waals surface area contributed by atoms with E-state index in [4.69, 9.17) is 22.1 Å². The molecule has 6 nitrogen and oxygen atoms in total. The number of ether oxygens (including phenoxy) is 1. The lowest BCUT2D eigenvalue weighted by atomic mass is 10.1. The molecule has 0 radical (unpaired) electrons. The van der Waals surface area contributed by atoms with E-state index in [1.807, 2.05) is 0 Å². The fourth-order valence-corrected chi connectivity index (χ4v) is 2.72. The van der Waals surface area contributed by atoms with Crippen LogP contribution in [0.25, 0.3) is 11.3 Å². The Morgan fingerprint density at radius 3 is 2.62 bits per heavy atom. The van der Waals surface area contributed by atoms with E-state index in [1.54, 1.807) is 13.0 Å². The predicted molar refractivity (Wildman–Crippen MR) is 92.6 cm³/mol. The number of primary amides is 1. The molecule has 0 aliphatic heterocycles. The number of hydrogen-bond donors (Lipinski definition) is 2. The van der Waals surface area contributed by atoms with Gasteiger partial charge < -0.3 is 15.8 Å². The van der Waals surface area contributed by atoms with Gasteiger partial charge in [0.15, 0.2) is 5.69 Å². The van der Waals surface area contributed by atoms with Crippen LogP contribution in [0, 0.1) is 0 Å². The number of amides is 1. The number of carbonyl (C=O) groups is 1. The highest BCUT2D eigenvalue weighted by Gasteiger charge is 2.36. The Hall–Kier alpha value is -2.42. The average molecular weight is 391 g/mol. The molecule has 1 heterocycles. The monoisotopic (exact) mass is 390 g/mol. The number of methoxy groups -OCH3 is 1. The minimum Gasteiger partial charge on any atom is -0.496 e. The first-order valence-electron chi connectivity index (χ1n) is 7.67. The molecule has 0 bridgehead atoms. The Morgan fingerprint density at radius 2 is 2.12 bits per heavy atom. The van der Waals surface area contributed by atoms with Gasteiger partial charge in [0, 0.05) is 23.9 Å². The van der Waals surface area contributed by atoms with Crippen molar-refractivity contribution in [3.05, 3.63) is 28.9 Å². The van der Waals surface area contributed by atoms with Crippen molar-refractivity contribution in [2.75, 3.05) is 12.4 Å². The molecule has 1 unspecified atom stereocenters. The first kappa shape index (κ1) is 19.9. The van der Waals surface area contributed by atoms with Gasteiger partial charge in [-0.1, -0.05) is 11.6 Å². The van der Waals surface area contributed by atoms with Crippen LogP contribution in [0.5, 0.6) is 5.75 Å². The molecule has 0 saturated carbocycles. The van der Waals surface area contributed by atoms with Crippen LogP contribution in [0.3, 0.4) is 0 Å². The summed E-state index contributed by atoms with van der Waals surface area (Å²) in [6.07, 6.45) is -4.38. The molecule has 10 heteroatoms. The van der Waals surface area contributed by atoms with E-state index < -0.39 is 18.1 Å². The van der Waals surface area contributed by atoms with Gasteiger partial charge in [-0.15, -0.1) is 0 Å². The average Bonchev–Trinajstić information content (AvgIpc) is 2.90. The Bertz CT molecular complexity index is 821. The summed E-state index contributed by atoms with van der Waals surface area (Å²) >= 11 is 6.25. The lowest BCUT2D eigenvalue weighted by Crippen LogP contribution is -2.33. The van der Waals surface area contributed by atoms with Crippen molar-refractivity contribution in [2.24, 2.45) is 5.73 Å². The van der Waals surface area contributed by atoms with Crippen molar-refractivity contribution in [2.45, 2.75) is 32.6 Å². The Kier molecular flexibility index (Phi) is 5.70. The molecule has 142 valence electrons. The van der Waals surface area contributed by atoms with Gasteiger partial charge in [0.25, 0.3) is 5.91 Å². The van der Waals surface area contributed by atoms with Crippen molar-refractivity contribution in [1.29, 1.82) is 0 Å². The minimum absolute atomic E-state index is 0.0574. The van der Waals surface area contributed by atoms with E-state index >= 15 is 0 Å². The second kappa shape index (κ2) is 7.45. The van der Waals surface area contributed by atoms with Crippen LogP contribution in [0.4, 0.5) is 18.9 Å². The zero-order valence-electron chi connectivity index (χ0n) is 14.3. The van der Waals surface area contributed by atoms with Gasteiger partial charge in [-0.25, -0.2) is 0 Å². The summed E-state index contributed by atoms with van der Waals surface area (Å²) in [5.41, 5.74) is 6.29. The third-order valence-corrected chi connectivity index (χ3v) is 4.12. The number of aryl methyl sites for hydroxylation is 1. The third-order valence-electron chi connectivity index (χ3n) is 3.76. The van der Waals surface area contributed by atoms with Gasteiger partial charge in [-0.05, 0) is 26.0 Å². The molecule has 0 aliphatic carbocycles. The molecule has 2 aromatic rings. The second-order valence-corrected chi connectivity index (χ2v) is 5.89. The highest BCUT2D eigenvalue weighted by atomic mass is 35.5. The van der Waals surface area contributed by atoms with Crippen molar-refractivity contribution in [1.82, 2.24) is 9.78 Å². The number of alkyl halides is 3. The topological polar surface area (TPSA) is 82.2 Å². The van der Waals surface area contributed by atoms with Crippen LogP contribution in [-0.4, -0.2) is 35.0 Å². The van der Waals surface area contributed by atoms with Crippen LogP contribution >= 0.6 is 11.6 Å². The number of benzene rings is 1. The fourth-order valence-electron chi connectivity index (χ4n) is 2.39. The molecule has 0 aliphatic rings. The summed E-state index contributed by atoms with van der Waals surface area (Å²) < 4.78 is 44.9. The van der Waals surface area contributed by atoms with Gasteiger partial charge in [-0.2, -0.15) is 18.3 Å². The molecule has 1 aromatic heterocycles. The molecule has 26 heavy (non-hydrogen) atoms. The van der Waals surface area contributed by atoms with Gasteiger partial charge in [0.2, 0.25) is 0 Å². The van der Waals surface area contributed by atoms with Gasteiger partial charge >= 0.3 is 6.18 Å². The molecule has 0 saturated heterocycles. The van der Waals surface area contributed by atoms with Crippen LogP contribution < -0.4 is 15.8 Å². The van der Waals surface area contributed by atoms with Crippen LogP contribution in [-0.2, 0) is 6.54 Å². The van der Waals surface area contributed by atoms with Crippen molar-refractivity contribution < 1.29 is 22.7 Å². The maximum Gasteiger partial charge on any atom is 0.408 e. The predicted octanol–water partition coefficient (Wildman–Crippen LogP) is 3.69. The second-order valence-electron chi connectivity index (χ2n) is 5.51. The molecular formula is C16H18ClF3N4O2. The summed E-state index contributed by atoms with van der Waals surface area (Å²) in [4.78, 5) is 11.5. The summed E-state index contributed by atoms with van der Waals surface area (Å²) in [5, 5.41) is 6.50.